The molecule has 4 heterocycles. The van der Waals surface area contributed by atoms with Crippen molar-refractivity contribution >= 4 is 16.5 Å². The number of piperidine rings is 1. The second-order valence-electron chi connectivity index (χ2n) is 10.8. The van der Waals surface area contributed by atoms with Crippen LogP contribution in [0, 0.1) is 11.3 Å². The van der Waals surface area contributed by atoms with Crippen LogP contribution in [0.4, 0.5) is 5.69 Å². The summed E-state index contributed by atoms with van der Waals surface area (Å²) in [7, 11) is 1.41. The van der Waals surface area contributed by atoms with Gasteiger partial charge >= 0.3 is 0 Å². The van der Waals surface area contributed by atoms with Crippen molar-refractivity contribution in [2.75, 3.05) is 25.1 Å². The number of nitrogens with zero attached hydrogens (tertiary/aromatic N) is 6. The number of methoxy groups -OCH3 is 1. The molecular weight excluding hydrogens is 536 g/mol. The minimum Gasteiger partial charge on any atom is -0.470 e. The first-order valence-corrected chi connectivity index (χ1v) is 14.3. The van der Waals surface area contributed by atoms with Gasteiger partial charge in [-0.15, -0.1) is 5.10 Å². The summed E-state index contributed by atoms with van der Waals surface area (Å²) in [5.41, 5.74) is 3.81. The van der Waals surface area contributed by atoms with Crippen molar-refractivity contribution in [3.8, 4) is 23.1 Å². The Bertz CT molecular complexity index is 1580. The van der Waals surface area contributed by atoms with Gasteiger partial charge in [-0.25, -0.2) is 9.67 Å². The lowest BCUT2D eigenvalue weighted by Gasteiger charge is -2.35. The number of hydrogen-bond acceptors (Lipinski definition) is 10. The van der Waals surface area contributed by atoms with Crippen molar-refractivity contribution in [2.45, 2.75) is 63.4 Å². The molecule has 0 bridgehead atoms. The van der Waals surface area contributed by atoms with Gasteiger partial charge in [0.2, 0.25) is 5.88 Å². The van der Waals surface area contributed by atoms with Gasteiger partial charge in [-0.2, -0.15) is 5.26 Å². The van der Waals surface area contributed by atoms with Gasteiger partial charge in [0.25, 0.3) is 0 Å². The Morgan fingerprint density at radius 3 is 2.69 bits per heavy atom. The molecule has 2 unspecified atom stereocenters. The van der Waals surface area contributed by atoms with E-state index in [1.165, 1.54) is 32.1 Å². The number of aliphatic hydroxyl groups excluding tert-OH is 2. The van der Waals surface area contributed by atoms with Crippen molar-refractivity contribution in [3.05, 3.63) is 66.1 Å². The fourth-order valence-corrected chi connectivity index (χ4v) is 5.72. The van der Waals surface area contributed by atoms with Crippen LogP contribution >= 0.6 is 0 Å². The minimum atomic E-state index is -1.10. The van der Waals surface area contributed by atoms with Crippen molar-refractivity contribution in [3.63, 3.8) is 0 Å². The van der Waals surface area contributed by atoms with E-state index in [1.807, 2.05) is 12.1 Å². The van der Waals surface area contributed by atoms with Crippen LogP contribution in [0.5, 0.6) is 5.88 Å². The summed E-state index contributed by atoms with van der Waals surface area (Å²) < 4.78 is 18.3. The monoisotopic (exact) mass is 570 g/mol. The van der Waals surface area contributed by atoms with E-state index in [4.69, 9.17) is 14.2 Å². The zero-order chi connectivity index (χ0) is 29.1. The molecule has 4 aromatic rings. The maximum absolute atomic E-state index is 10.1. The predicted molar refractivity (Wildman–Crippen MR) is 155 cm³/mol. The molecule has 2 fully saturated rings. The van der Waals surface area contributed by atoms with E-state index >= 15 is 0 Å². The zero-order valence-electron chi connectivity index (χ0n) is 23.5. The van der Waals surface area contributed by atoms with Gasteiger partial charge in [0.05, 0.1) is 24.9 Å². The molecule has 4 atom stereocenters. The highest BCUT2D eigenvalue weighted by Crippen LogP contribution is 2.33. The van der Waals surface area contributed by atoms with Gasteiger partial charge in [-0.1, -0.05) is 23.4 Å². The van der Waals surface area contributed by atoms with Crippen LogP contribution in [0.15, 0.2) is 54.9 Å². The molecule has 6 rings (SSSR count). The van der Waals surface area contributed by atoms with E-state index in [1.54, 1.807) is 17.1 Å². The van der Waals surface area contributed by atoms with Crippen LogP contribution in [-0.4, -0.2) is 75.0 Å². The molecule has 0 amide bonds. The molecule has 0 saturated carbocycles. The zero-order valence-corrected chi connectivity index (χ0v) is 23.5. The molecule has 0 radical (unpaired) electrons. The first-order chi connectivity index (χ1) is 20.5. The number of rotatable bonds is 8. The van der Waals surface area contributed by atoms with E-state index < -0.39 is 24.6 Å². The fourth-order valence-electron chi connectivity index (χ4n) is 5.72. The molecule has 2 aromatic heterocycles. The second kappa shape index (κ2) is 12.4. The number of benzene rings is 2. The summed E-state index contributed by atoms with van der Waals surface area (Å²) in [5.74, 6) is 0.223. The summed E-state index contributed by atoms with van der Waals surface area (Å²) in [6, 6.07) is 16.9. The summed E-state index contributed by atoms with van der Waals surface area (Å²) in [4.78, 5) is 6.77. The molecule has 218 valence electrons. The van der Waals surface area contributed by atoms with Gasteiger partial charge in [-0.3, -0.25) is 0 Å². The lowest BCUT2D eigenvalue weighted by molar-refractivity contribution is -0.260. The topological polar surface area (TPSA) is 139 Å². The molecule has 0 aliphatic carbocycles. The molecule has 11 heteroatoms. The highest BCUT2D eigenvalue weighted by atomic mass is 16.7. The van der Waals surface area contributed by atoms with Crippen molar-refractivity contribution < 1.29 is 24.4 Å². The quantitative estimate of drug-likeness (QED) is 0.324. The molecular formula is C31H34N6O5. The standard InChI is InChI=1S/C31H34N6O5/c1-40-31-29(39)28(38)15-25(42-31)18-37-17-23(34-35-37)19-41-30-27(16-32)26(9-10-33-30)22-6-5-21-14-24(8-7-20(21)13-22)36-11-3-2-4-12-36/h5-10,13-14,17,25,28-29,31,38-39H,2-4,11-12,15,18-19H2,1H3/t25?,28?,29-,31+/m1/s1. The number of anilines is 1. The first kappa shape index (κ1) is 28.1. The van der Waals surface area contributed by atoms with Gasteiger partial charge in [0.15, 0.2) is 6.29 Å². The smallest absolute Gasteiger partial charge is 0.232 e. The lowest BCUT2D eigenvalue weighted by Crippen LogP contribution is -2.50. The maximum atomic E-state index is 10.1. The van der Waals surface area contributed by atoms with Crippen molar-refractivity contribution in [1.29, 1.82) is 5.26 Å². The van der Waals surface area contributed by atoms with Crippen LogP contribution in [0.1, 0.15) is 36.9 Å². The van der Waals surface area contributed by atoms with E-state index in [-0.39, 0.29) is 18.9 Å². The minimum absolute atomic E-state index is 0.0652. The van der Waals surface area contributed by atoms with Gasteiger partial charge < -0.3 is 29.3 Å². The van der Waals surface area contributed by atoms with Crippen molar-refractivity contribution in [1.82, 2.24) is 20.0 Å². The van der Waals surface area contributed by atoms with Crippen LogP contribution in [0.2, 0.25) is 0 Å². The lowest BCUT2D eigenvalue weighted by atomic mass is 9.98. The molecule has 11 nitrogen and oxygen atoms in total. The van der Waals surface area contributed by atoms with Gasteiger partial charge in [0, 0.05) is 44.1 Å². The molecule has 42 heavy (non-hydrogen) atoms. The summed E-state index contributed by atoms with van der Waals surface area (Å²) in [6.45, 7) is 2.58. The second-order valence-corrected chi connectivity index (χ2v) is 10.8. The van der Waals surface area contributed by atoms with E-state index in [9.17, 15) is 15.5 Å². The van der Waals surface area contributed by atoms with Crippen LogP contribution in [0.3, 0.4) is 0 Å². The Morgan fingerprint density at radius 2 is 1.88 bits per heavy atom. The van der Waals surface area contributed by atoms with E-state index in [0.29, 0.717) is 17.8 Å². The van der Waals surface area contributed by atoms with Gasteiger partial charge in [0.1, 0.15) is 30.0 Å². The van der Waals surface area contributed by atoms with Crippen LogP contribution < -0.4 is 9.64 Å². The number of fused-ring (bicyclic) bond motifs is 1. The Kier molecular flexibility index (Phi) is 8.30. The number of nitriles is 1. The highest BCUT2D eigenvalue weighted by Gasteiger charge is 2.37. The molecule has 0 spiro atoms. The predicted octanol–water partition coefficient (Wildman–Crippen LogP) is 3.42. The molecule has 2 saturated heterocycles. The Labute approximate surface area is 243 Å². The third-order valence-electron chi connectivity index (χ3n) is 7.95. The van der Waals surface area contributed by atoms with Gasteiger partial charge in [-0.05, 0) is 59.9 Å². The summed E-state index contributed by atoms with van der Waals surface area (Å²) in [5, 5.41) is 40.7. The largest absolute Gasteiger partial charge is 0.470 e. The van der Waals surface area contributed by atoms with E-state index in [2.05, 4.69) is 56.6 Å². The summed E-state index contributed by atoms with van der Waals surface area (Å²) >= 11 is 0. The Hall–Kier alpha value is -4.08. The normalized spacial score (nSPS) is 22.7. The van der Waals surface area contributed by atoms with Crippen molar-refractivity contribution in [2.24, 2.45) is 0 Å². The Balaban J connectivity index is 1.14. The maximum Gasteiger partial charge on any atom is 0.232 e. The number of pyridine rings is 1. The third kappa shape index (κ3) is 5.93. The number of aromatic nitrogens is 4. The third-order valence-corrected chi connectivity index (χ3v) is 7.95. The number of aliphatic hydroxyl groups is 2. The first-order valence-electron chi connectivity index (χ1n) is 14.3. The molecule has 2 N–H and O–H groups in total. The van der Waals surface area contributed by atoms with Crippen LogP contribution in [-0.2, 0) is 22.6 Å². The summed E-state index contributed by atoms with van der Waals surface area (Å²) in [6.07, 6.45) is 3.98. The molecule has 2 aromatic carbocycles. The Morgan fingerprint density at radius 1 is 1.07 bits per heavy atom. The van der Waals surface area contributed by atoms with E-state index in [0.717, 1.165) is 35.0 Å². The average Bonchev–Trinajstić information content (AvgIpc) is 3.48. The molecule has 2 aliphatic rings. The fraction of sp³-hybridized carbons (Fsp3) is 0.419. The SMILES string of the molecule is CO[C@H]1OC(Cn2cc(COc3nccc(-c4ccc5cc(N6CCCCC6)ccc5c4)c3C#N)nn2)CC(O)[C@H]1O. The number of ether oxygens (including phenoxy) is 3. The van der Waals surface area contributed by atoms with Crippen LogP contribution in [0.25, 0.3) is 21.9 Å². The highest BCUT2D eigenvalue weighted by molar-refractivity contribution is 5.90. The molecule has 2 aliphatic heterocycles. The average molecular weight is 571 g/mol. The number of hydrogen-bond donors (Lipinski definition) is 2.